The minimum atomic E-state index is -0.900. The maximum atomic E-state index is 14.3. The molecular formula is C34H45N3O4. The highest BCUT2D eigenvalue weighted by Gasteiger charge is 2.38. The standard InChI is InChI=1S/C34H45N3O4/c1-9-10-19-37(32(39)29(22(2)3)36-33(40)41-34(6,7)8)30(28-18-15-23(4)20-24(28)5)31(38)35-27-17-16-25-13-11-12-14-26(25)21-27/h11-18,20-22,29-30H,9-10,19H2,1-8H3,(H,35,38)(H,36,40). The molecule has 0 heterocycles. The predicted molar refractivity (Wildman–Crippen MR) is 166 cm³/mol. The van der Waals surface area contributed by atoms with Gasteiger partial charge in [0.25, 0.3) is 5.91 Å². The van der Waals surface area contributed by atoms with E-state index in [4.69, 9.17) is 4.74 Å². The molecule has 0 aromatic heterocycles. The highest BCUT2D eigenvalue weighted by atomic mass is 16.6. The zero-order valence-corrected chi connectivity index (χ0v) is 25.7. The maximum Gasteiger partial charge on any atom is 0.408 e. The van der Waals surface area contributed by atoms with Crippen LogP contribution in [-0.2, 0) is 14.3 Å². The van der Waals surface area contributed by atoms with Gasteiger partial charge in [-0.25, -0.2) is 4.79 Å². The number of nitrogens with zero attached hydrogens (tertiary/aromatic N) is 1. The summed E-state index contributed by atoms with van der Waals surface area (Å²) in [4.78, 5) is 42.8. The van der Waals surface area contributed by atoms with Crippen LogP contribution in [0.2, 0.25) is 0 Å². The topological polar surface area (TPSA) is 87.7 Å². The second-order valence-electron chi connectivity index (χ2n) is 12.1. The van der Waals surface area contributed by atoms with Gasteiger partial charge in [-0.15, -0.1) is 0 Å². The third-order valence-corrected chi connectivity index (χ3v) is 6.94. The molecule has 0 spiro atoms. The summed E-state index contributed by atoms with van der Waals surface area (Å²) in [7, 11) is 0. The summed E-state index contributed by atoms with van der Waals surface area (Å²) < 4.78 is 5.47. The quantitative estimate of drug-likeness (QED) is 0.273. The molecule has 0 fully saturated rings. The van der Waals surface area contributed by atoms with E-state index in [0.29, 0.717) is 18.7 Å². The van der Waals surface area contributed by atoms with E-state index in [1.165, 1.54) is 0 Å². The lowest BCUT2D eigenvalue weighted by Gasteiger charge is -2.36. The number of nitrogens with one attached hydrogen (secondary N) is 2. The normalized spacial score (nSPS) is 13.0. The molecule has 41 heavy (non-hydrogen) atoms. The summed E-state index contributed by atoms with van der Waals surface area (Å²) in [5.41, 5.74) is 2.67. The first-order valence-electron chi connectivity index (χ1n) is 14.5. The number of amides is 3. The molecule has 0 radical (unpaired) electrons. The summed E-state index contributed by atoms with van der Waals surface area (Å²) in [6, 6.07) is 17.9. The molecule has 220 valence electrons. The number of benzene rings is 3. The van der Waals surface area contributed by atoms with Crippen LogP contribution in [0.15, 0.2) is 60.7 Å². The molecule has 0 saturated heterocycles. The third-order valence-electron chi connectivity index (χ3n) is 6.94. The molecule has 3 amide bonds. The number of carbonyl (C=O) groups excluding carboxylic acids is 3. The van der Waals surface area contributed by atoms with Gasteiger partial charge in [-0.3, -0.25) is 9.59 Å². The largest absolute Gasteiger partial charge is 0.444 e. The van der Waals surface area contributed by atoms with E-state index < -0.39 is 23.8 Å². The first-order chi connectivity index (χ1) is 19.3. The van der Waals surface area contributed by atoms with E-state index in [1.807, 2.05) is 95.3 Å². The lowest BCUT2D eigenvalue weighted by atomic mass is 9.94. The monoisotopic (exact) mass is 559 g/mol. The van der Waals surface area contributed by atoms with Crippen LogP contribution in [0.4, 0.5) is 10.5 Å². The van der Waals surface area contributed by atoms with Crippen LogP contribution in [0, 0.1) is 19.8 Å². The molecule has 7 heteroatoms. The molecule has 2 unspecified atom stereocenters. The van der Waals surface area contributed by atoms with Gasteiger partial charge in [0.15, 0.2) is 0 Å². The number of rotatable bonds is 10. The predicted octanol–water partition coefficient (Wildman–Crippen LogP) is 7.31. The second-order valence-corrected chi connectivity index (χ2v) is 12.1. The lowest BCUT2D eigenvalue weighted by molar-refractivity contribution is -0.141. The SMILES string of the molecule is CCCCN(C(=O)C(NC(=O)OC(C)(C)C)C(C)C)C(C(=O)Nc1ccc2ccccc2c1)c1ccc(C)cc1C. The molecule has 3 rings (SSSR count). The average molecular weight is 560 g/mol. The van der Waals surface area contributed by atoms with Crippen LogP contribution >= 0.6 is 0 Å². The summed E-state index contributed by atoms with van der Waals surface area (Å²) >= 11 is 0. The fourth-order valence-corrected chi connectivity index (χ4v) is 4.88. The Kier molecular flexibility index (Phi) is 10.5. The fourth-order valence-electron chi connectivity index (χ4n) is 4.88. The van der Waals surface area contributed by atoms with Gasteiger partial charge in [-0.1, -0.05) is 81.3 Å². The Bertz CT molecular complexity index is 1380. The Morgan fingerprint density at radius 2 is 1.61 bits per heavy atom. The number of fused-ring (bicyclic) bond motifs is 1. The van der Waals surface area contributed by atoms with E-state index in [2.05, 4.69) is 10.6 Å². The second kappa shape index (κ2) is 13.7. The van der Waals surface area contributed by atoms with Crippen molar-refractivity contribution >= 4 is 34.4 Å². The number of ether oxygens (including phenoxy) is 1. The van der Waals surface area contributed by atoms with Gasteiger partial charge in [0.1, 0.15) is 17.7 Å². The van der Waals surface area contributed by atoms with Gasteiger partial charge in [0.05, 0.1) is 0 Å². The highest BCUT2D eigenvalue weighted by Crippen LogP contribution is 2.29. The molecule has 3 aromatic rings. The van der Waals surface area contributed by atoms with Gasteiger partial charge in [-0.2, -0.15) is 0 Å². The van der Waals surface area contributed by atoms with Crippen molar-refractivity contribution in [3.63, 3.8) is 0 Å². The van der Waals surface area contributed by atoms with Gasteiger partial charge in [0.2, 0.25) is 5.91 Å². The van der Waals surface area contributed by atoms with Gasteiger partial charge in [-0.05, 0) is 81.0 Å². The van der Waals surface area contributed by atoms with Crippen LogP contribution in [0.1, 0.15) is 77.1 Å². The smallest absolute Gasteiger partial charge is 0.408 e. The fraction of sp³-hybridized carbons (Fsp3) is 0.441. The van der Waals surface area contributed by atoms with Gasteiger partial charge in [0, 0.05) is 12.2 Å². The lowest BCUT2D eigenvalue weighted by Crippen LogP contribution is -2.54. The molecule has 7 nitrogen and oxygen atoms in total. The van der Waals surface area contributed by atoms with Gasteiger partial charge < -0.3 is 20.3 Å². The van der Waals surface area contributed by atoms with Crippen LogP contribution in [0.3, 0.4) is 0 Å². The van der Waals surface area contributed by atoms with Crippen LogP contribution in [-0.4, -0.2) is 41.0 Å². The summed E-state index contributed by atoms with van der Waals surface area (Å²) in [6.45, 7) is 15.4. The number of carbonyl (C=O) groups is 3. The van der Waals surface area contributed by atoms with Crippen molar-refractivity contribution in [2.75, 3.05) is 11.9 Å². The third kappa shape index (κ3) is 8.56. The van der Waals surface area contributed by atoms with E-state index >= 15 is 0 Å². The zero-order chi connectivity index (χ0) is 30.3. The van der Waals surface area contributed by atoms with E-state index in [-0.39, 0.29) is 17.7 Å². The van der Waals surface area contributed by atoms with Crippen LogP contribution in [0.5, 0.6) is 0 Å². The van der Waals surface area contributed by atoms with E-state index in [0.717, 1.165) is 33.9 Å². The Morgan fingerprint density at radius 3 is 2.22 bits per heavy atom. The van der Waals surface area contributed by atoms with Crippen molar-refractivity contribution in [3.05, 3.63) is 77.4 Å². The summed E-state index contributed by atoms with van der Waals surface area (Å²) in [6.07, 6.45) is 0.874. The molecule has 0 saturated carbocycles. The van der Waals surface area contributed by atoms with Crippen LogP contribution in [0.25, 0.3) is 10.8 Å². The van der Waals surface area contributed by atoms with Crippen molar-refractivity contribution in [1.82, 2.24) is 10.2 Å². The molecule has 2 atom stereocenters. The number of aryl methyl sites for hydroxylation is 2. The number of unbranched alkanes of at least 4 members (excludes halogenated alkanes) is 1. The number of alkyl carbamates (subject to hydrolysis) is 1. The molecule has 2 N–H and O–H groups in total. The summed E-state index contributed by atoms with van der Waals surface area (Å²) in [5.74, 6) is -0.864. The van der Waals surface area contributed by atoms with Crippen molar-refractivity contribution in [1.29, 1.82) is 0 Å². The highest BCUT2D eigenvalue weighted by molar-refractivity contribution is 6.00. The number of anilines is 1. The number of hydrogen-bond donors (Lipinski definition) is 2. The van der Waals surface area contributed by atoms with Crippen molar-refractivity contribution in [2.24, 2.45) is 5.92 Å². The van der Waals surface area contributed by atoms with Crippen molar-refractivity contribution in [3.8, 4) is 0 Å². The minimum Gasteiger partial charge on any atom is -0.444 e. The maximum absolute atomic E-state index is 14.3. The van der Waals surface area contributed by atoms with E-state index in [1.54, 1.807) is 25.7 Å². The molecule has 0 aliphatic heterocycles. The first kappa shape index (κ1) is 31.7. The minimum absolute atomic E-state index is 0.234. The Labute approximate surface area is 244 Å². The molecule has 3 aromatic carbocycles. The zero-order valence-electron chi connectivity index (χ0n) is 25.7. The van der Waals surface area contributed by atoms with Gasteiger partial charge >= 0.3 is 6.09 Å². The Hall–Kier alpha value is -3.87. The Morgan fingerprint density at radius 1 is 0.927 bits per heavy atom. The molecule has 0 aliphatic rings. The molecular weight excluding hydrogens is 514 g/mol. The average Bonchev–Trinajstić information content (AvgIpc) is 2.88. The molecule has 0 aliphatic carbocycles. The van der Waals surface area contributed by atoms with E-state index in [9.17, 15) is 14.4 Å². The van der Waals surface area contributed by atoms with Crippen LogP contribution < -0.4 is 10.6 Å². The number of hydrogen-bond acceptors (Lipinski definition) is 4. The Balaban J connectivity index is 2.05. The molecule has 0 bridgehead atoms. The van der Waals surface area contributed by atoms with Crippen molar-refractivity contribution < 1.29 is 19.1 Å². The first-order valence-corrected chi connectivity index (χ1v) is 14.5. The van der Waals surface area contributed by atoms with Crippen molar-refractivity contribution in [2.45, 2.75) is 85.9 Å². The summed E-state index contributed by atoms with van der Waals surface area (Å²) in [5, 5.41) is 7.95.